The van der Waals surface area contributed by atoms with Gasteiger partial charge in [0.1, 0.15) is 0 Å². The Kier molecular flexibility index (Phi) is 4.37. The molecule has 0 radical (unpaired) electrons. The van der Waals surface area contributed by atoms with E-state index in [1.165, 1.54) is 0 Å². The smallest absolute Gasteiger partial charge is 0.310 e. The molecule has 0 spiro atoms. The van der Waals surface area contributed by atoms with Gasteiger partial charge >= 0.3 is 5.97 Å². The van der Waals surface area contributed by atoms with Crippen LogP contribution in [-0.4, -0.2) is 35.2 Å². The first-order valence-electron chi connectivity index (χ1n) is 7.50. The molecule has 1 aliphatic carbocycles. The van der Waals surface area contributed by atoms with E-state index >= 15 is 0 Å². The van der Waals surface area contributed by atoms with Crippen molar-refractivity contribution in [3.05, 3.63) is 0 Å². The first kappa shape index (κ1) is 15.3. The van der Waals surface area contributed by atoms with Crippen molar-refractivity contribution in [3.63, 3.8) is 0 Å². The monoisotopic (exact) mass is 283 g/mol. The average Bonchev–Trinajstić information content (AvgIpc) is 2.77. The molecule has 5 nitrogen and oxygen atoms in total. The molecule has 20 heavy (non-hydrogen) atoms. The van der Waals surface area contributed by atoms with Gasteiger partial charge in [-0.2, -0.15) is 0 Å². The Morgan fingerprint density at radius 3 is 2.50 bits per heavy atom. The van der Waals surface area contributed by atoms with Gasteiger partial charge in [-0.25, -0.2) is 0 Å². The topological polar surface area (TPSA) is 75.6 Å². The molecule has 1 amide bonds. The molecule has 0 bridgehead atoms. The maximum atomic E-state index is 12.2. The van der Waals surface area contributed by atoms with Crippen molar-refractivity contribution >= 4 is 11.9 Å². The minimum absolute atomic E-state index is 0.0958. The third-order valence-corrected chi connectivity index (χ3v) is 4.58. The Bertz CT molecular complexity index is 385. The van der Waals surface area contributed by atoms with Crippen molar-refractivity contribution in [2.45, 2.75) is 70.4 Å². The third kappa shape index (κ3) is 3.51. The van der Waals surface area contributed by atoms with Gasteiger partial charge in [0.15, 0.2) is 0 Å². The maximum absolute atomic E-state index is 12.2. The molecule has 1 aliphatic heterocycles. The lowest BCUT2D eigenvalue weighted by molar-refractivity contribution is -0.151. The van der Waals surface area contributed by atoms with Crippen LogP contribution in [-0.2, 0) is 14.3 Å². The summed E-state index contributed by atoms with van der Waals surface area (Å²) in [7, 11) is 0. The number of hydrogen-bond donors (Lipinski definition) is 2. The van der Waals surface area contributed by atoms with Crippen molar-refractivity contribution in [1.82, 2.24) is 5.32 Å². The molecule has 5 heteroatoms. The Labute approximate surface area is 120 Å². The first-order chi connectivity index (χ1) is 9.33. The van der Waals surface area contributed by atoms with Crippen LogP contribution in [0.5, 0.6) is 0 Å². The normalized spacial score (nSPS) is 28.0. The Morgan fingerprint density at radius 2 is 1.95 bits per heavy atom. The minimum Gasteiger partial charge on any atom is -0.481 e. The predicted octanol–water partition coefficient (Wildman–Crippen LogP) is 2.10. The Hall–Kier alpha value is -1.10. The predicted molar refractivity (Wildman–Crippen MR) is 74.3 cm³/mol. The van der Waals surface area contributed by atoms with Crippen molar-refractivity contribution in [2.24, 2.45) is 5.41 Å². The summed E-state index contributed by atoms with van der Waals surface area (Å²) in [6.45, 7) is 4.67. The molecular formula is C15H25NO4. The summed E-state index contributed by atoms with van der Waals surface area (Å²) in [6, 6.07) is 0.0958. The molecule has 1 saturated heterocycles. The zero-order valence-electron chi connectivity index (χ0n) is 12.4. The van der Waals surface area contributed by atoms with Gasteiger partial charge < -0.3 is 15.2 Å². The SMILES string of the molecule is CC1(C)CC(NC(=O)CC2(C(=O)O)CCCC2)CCO1. The zero-order valence-corrected chi connectivity index (χ0v) is 12.4. The van der Waals surface area contributed by atoms with E-state index in [1.807, 2.05) is 13.8 Å². The quantitative estimate of drug-likeness (QED) is 0.828. The van der Waals surface area contributed by atoms with Crippen molar-refractivity contribution in [1.29, 1.82) is 0 Å². The van der Waals surface area contributed by atoms with Crippen molar-refractivity contribution < 1.29 is 19.4 Å². The van der Waals surface area contributed by atoms with Gasteiger partial charge in [-0.05, 0) is 39.5 Å². The number of aliphatic carboxylic acids is 1. The van der Waals surface area contributed by atoms with Gasteiger partial charge in [-0.3, -0.25) is 9.59 Å². The molecule has 2 N–H and O–H groups in total. The second kappa shape index (κ2) is 5.72. The second-order valence-electron chi connectivity index (χ2n) is 6.83. The molecule has 2 fully saturated rings. The largest absolute Gasteiger partial charge is 0.481 e. The number of ether oxygens (including phenoxy) is 1. The van der Waals surface area contributed by atoms with E-state index in [-0.39, 0.29) is 24.0 Å². The number of nitrogens with one attached hydrogen (secondary N) is 1. The first-order valence-corrected chi connectivity index (χ1v) is 7.50. The summed E-state index contributed by atoms with van der Waals surface area (Å²) in [5, 5.41) is 12.4. The summed E-state index contributed by atoms with van der Waals surface area (Å²) in [5.74, 6) is -0.950. The van der Waals surface area contributed by atoms with Crippen molar-refractivity contribution in [2.75, 3.05) is 6.61 Å². The van der Waals surface area contributed by atoms with Crippen LogP contribution in [0.4, 0.5) is 0 Å². The second-order valence-corrected chi connectivity index (χ2v) is 6.83. The lowest BCUT2D eigenvalue weighted by Crippen LogP contribution is -2.47. The third-order valence-electron chi connectivity index (χ3n) is 4.58. The molecule has 2 aliphatic rings. The number of carboxylic acids is 1. The fourth-order valence-electron chi connectivity index (χ4n) is 3.46. The molecule has 114 valence electrons. The van der Waals surface area contributed by atoms with Crippen LogP contribution in [0.15, 0.2) is 0 Å². The molecule has 2 rings (SSSR count). The van der Waals surface area contributed by atoms with Gasteiger partial charge in [0, 0.05) is 19.1 Å². The highest BCUT2D eigenvalue weighted by molar-refractivity contribution is 5.85. The van der Waals surface area contributed by atoms with Crippen LogP contribution in [0, 0.1) is 5.41 Å². The summed E-state index contributed by atoms with van der Waals surface area (Å²) in [4.78, 5) is 23.6. The van der Waals surface area contributed by atoms with E-state index in [0.717, 1.165) is 25.7 Å². The summed E-state index contributed by atoms with van der Waals surface area (Å²) in [5.41, 5.74) is -1.04. The van der Waals surface area contributed by atoms with Gasteiger partial charge in [0.05, 0.1) is 11.0 Å². The number of hydrogen-bond acceptors (Lipinski definition) is 3. The van der Waals surface area contributed by atoms with Gasteiger partial charge in [0.2, 0.25) is 5.91 Å². The lowest BCUT2D eigenvalue weighted by atomic mass is 9.82. The Balaban J connectivity index is 1.90. The number of carboxylic acid groups (broad SMARTS) is 1. The number of rotatable bonds is 4. The number of carbonyl (C=O) groups excluding carboxylic acids is 1. The molecule has 0 aromatic carbocycles. The summed E-state index contributed by atoms with van der Waals surface area (Å²) < 4.78 is 5.62. The fourth-order valence-corrected chi connectivity index (χ4v) is 3.46. The molecule has 1 saturated carbocycles. The maximum Gasteiger partial charge on any atom is 0.310 e. The average molecular weight is 283 g/mol. The molecule has 1 atom stereocenters. The van der Waals surface area contributed by atoms with Crippen LogP contribution in [0.25, 0.3) is 0 Å². The van der Waals surface area contributed by atoms with E-state index in [2.05, 4.69) is 5.32 Å². The molecule has 0 aromatic rings. The highest BCUT2D eigenvalue weighted by atomic mass is 16.5. The Morgan fingerprint density at radius 1 is 1.30 bits per heavy atom. The number of amides is 1. The van der Waals surface area contributed by atoms with E-state index in [0.29, 0.717) is 19.4 Å². The minimum atomic E-state index is -0.829. The molecule has 1 unspecified atom stereocenters. The zero-order chi connectivity index (χ0) is 14.8. The summed E-state index contributed by atoms with van der Waals surface area (Å²) in [6.07, 6.45) is 4.74. The molecular weight excluding hydrogens is 258 g/mol. The fraction of sp³-hybridized carbons (Fsp3) is 0.867. The van der Waals surface area contributed by atoms with Crippen molar-refractivity contribution in [3.8, 4) is 0 Å². The van der Waals surface area contributed by atoms with Gasteiger partial charge in [-0.15, -0.1) is 0 Å². The lowest BCUT2D eigenvalue weighted by Gasteiger charge is -2.36. The van der Waals surface area contributed by atoms with E-state index in [4.69, 9.17) is 4.74 Å². The van der Waals surface area contributed by atoms with Crippen LogP contribution in [0.2, 0.25) is 0 Å². The van der Waals surface area contributed by atoms with Crippen LogP contribution in [0.1, 0.15) is 58.8 Å². The highest BCUT2D eigenvalue weighted by Crippen LogP contribution is 2.41. The standard InChI is InChI=1S/C15H25NO4/c1-14(2)9-11(5-8-20-14)16-12(17)10-15(13(18)19)6-3-4-7-15/h11H,3-10H2,1-2H3,(H,16,17)(H,18,19). The van der Waals surface area contributed by atoms with Gasteiger partial charge in [-0.1, -0.05) is 12.8 Å². The van der Waals surface area contributed by atoms with E-state index in [1.54, 1.807) is 0 Å². The van der Waals surface area contributed by atoms with E-state index in [9.17, 15) is 14.7 Å². The van der Waals surface area contributed by atoms with Gasteiger partial charge in [0.25, 0.3) is 0 Å². The van der Waals surface area contributed by atoms with E-state index < -0.39 is 11.4 Å². The van der Waals surface area contributed by atoms with Crippen LogP contribution >= 0.6 is 0 Å². The highest BCUT2D eigenvalue weighted by Gasteiger charge is 2.43. The number of carbonyl (C=O) groups is 2. The molecule has 1 heterocycles. The van der Waals surface area contributed by atoms with Crippen LogP contribution in [0.3, 0.4) is 0 Å². The molecule has 0 aromatic heterocycles. The van der Waals surface area contributed by atoms with Crippen LogP contribution < -0.4 is 5.32 Å². The summed E-state index contributed by atoms with van der Waals surface area (Å²) >= 11 is 0.